The molecule has 0 radical (unpaired) electrons. The van der Waals surface area contributed by atoms with Gasteiger partial charge in [0, 0.05) is 0 Å². The quantitative estimate of drug-likeness (QED) is 0.175. The number of fused-ring (bicyclic) bond motifs is 2. The summed E-state index contributed by atoms with van der Waals surface area (Å²) in [6, 6.07) is 46.5. The second-order valence-electron chi connectivity index (χ2n) is 20.2. The van der Waals surface area contributed by atoms with Crippen molar-refractivity contribution in [1.29, 1.82) is 0 Å². The summed E-state index contributed by atoms with van der Waals surface area (Å²) < 4.78 is 2.09. The third-order valence-corrected chi connectivity index (χ3v) is 11.2. The summed E-state index contributed by atoms with van der Waals surface area (Å²) in [6.07, 6.45) is 2.19. The zero-order chi connectivity index (χ0) is 44.6. The zero-order valence-electron chi connectivity index (χ0n) is 39.6. The van der Waals surface area contributed by atoms with E-state index in [0.717, 1.165) is 18.4 Å². The van der Waals surface area contributed by atoms with Crippen molar-refractivity contribution in [2.45, 2.75) is 138 Å². The molecule has 0 spiro atoms. The van der Waals surface area contributed by atoms with Gasteiger partial charge in [0.15, 0.2) is 0 Å². The van der Waals surface area contributed by atoms with Crippen molar-refractivity contribution in [2.24, 2.45) is 0 Å². The predicted molar refractivity (Wildman–Crippen MR) is 263 cm³/mol. The predicted octanol–water partition coefficient (Wildman–Crippen LogP) is 16.5. The van der Waals surface area contributed by atoms with Gasteiger partial charge in [-0.2, -0.15) is 12.1 Å². The van der Waals surface area contributed by atoms with E-state index in [-0.39, 0.29) is 21.7 Å². The second kappa shape index (κ2) is 20.2. The van der Waals surface area contributed by atoms with Gasteiger partial charge in [0.2, 0.25) is 0 Å². The van der Waals surface area contributed by atoms with Crippen LogP contribution in [0.5, 0.6) is 5.75 Å². The Morgan fingerprint density at radius 2 is 0.833 bits per heavy atom. The molecule has 314 valence electrons. The van der Waals surface area contributed by atoms with Gasteiger partial charge in [0.05, 0.1) is 0 Å². The van der Waals surface area contributed by atoms with Crippen molar-refractivity contribution in [3.05, 3.63) is 161 Å². The maximum absolute atomic E-state index is 9.84. The average Bonchev–Trinajstić information content (AvgIpc) is 3.82. The molecule has 0 aliphatic rings. The number of aryl methyl sites for hydroxylation is 2. The number of hydrogen-bond donors (Lipinski definition) is 1. The Morgan fingerprint density at radius 3 is 1.15 bits per heavy atom. The Morgan fingerprint density at radius 1 is 0.483 bits per heavy atom. The van der Waals surface area contributed by atoms with Gasteiger partial charge in [-0.25, -0.2) is 0 Å². The molecule has 0 aliphatic carbocycles. The summed E-state index contributed by atoms with van der Waals surface area (Å²) in [7, 11) is 0. The Labute approximate surface area is 379 Å². The van der Waals surface area contributed by atoms with Gasteiger partial charge >= 0.3 is 34.9 Å². The van der Waals surface area contributed by atoms with Crippen molar-refractivity contribution in [3.63, 3.8) is 0 Å². The van der Waals surface area contributed by atoms with Gasteiger partial charge in [-0.1, -0.05) is 181 Å². The van der Waals surface area contributed by atoms with Crippen LogP contribution in [0.4, 0.5) is 0 Å². The minimum absolute atomic E-state index is 0.00859. The average molecular weight is 876 g/mol. The van der Waals surface area contributed by atoms with E-state index in [4.69, 9.17) is 0 Å². The maximum atomic E-state index is 9.84. The first-order chi connectivity index (χ1) is 28.0. The summed E-state index contributed by atoms with van der Waals surface area (Å²) in [4.78, 5) is 0. The molecule has 7 rings (SSSR count). The molecule has 0 aliphatic heterocycles. The molecule has 0 bridgehead atoms. The van der Waals surface area contributed by atoms with Gasteiger partial charge in [-0.15, -0.1) is 69.1 Å². The molecule has 0 saturated carbocycles. The van der Waals surface area contributed by atoms with Crippen LogP contribution in [0.3, 0.4) is 0 Å². The van der Waals surface area contributed by atoms with Crippen LogP contribution >= 0.6 is 0 Å². The molecule has 0 unspecified atom stereocenters. The summed E-state index contributed by atoms with van der Waals surface area (Å²) in [5.74, 6) is 0.399. The van der Waals surface area contributed by atoms with Crippen molar-refractivity contribution in [2.75, 3.05) is 0 Å². The van der Waals surface area contributed by atoms with E-state index in [1.807, 2.05) is 13.0 Å². The third kappa shape index (κ3) is 12.7. The van der Waals surface area contributed by atoms with Crippen LogP contribution in [0.15, 0.2) is 127 Å². The minimum atomic E-state index is -0.00859. The van der Waals surface area contributed by atoms with E-state index in [1.54, 1.807) is 6.07 Å². The first-order valence-electron chi connectivity index (χ1n) is 21.9. The van der Waals surface area contributed by atoms with Gasteiger partial charge in [0.1, 0.15) is 5.75 Å². The van der Waals surface area contributed by atoms with Crippen LogP contribution in [0.1, 0.15) is 137 Å². The van der Waals surface area contributed by atoms with E-state index in [9.17, 15) is 5.11 Å². The molecule has 7 aromatic rings. The number of aromatic hydroxyl groups is 1. The van der Waals surface area contributed by atoms with Crippen LogP contribution in [0.25, 0.3) is 43.8 Å². The molecule has 0 saturated heterocycles. The normalized spacial score (nSPS) is 11.9. The number of rotatable bonds is 4. The van der Waals surface area contributed by atoms with Gasteiger partial charge in [0.25, 0.3) is 0 Å². The topological polar surface area (TPSA) is 20.2 Å². The standard InChI is InChI=1S/2C21H23.C14H22O.C2H4.Zr/c2*1-5-15-13-17-7-6-8-19(20(17)14-15)16-9-11-18(12-10-16)21(2,3)4;1-13(2,3)10-7-8-12(15)11(9-10)14(4,5)6;1-2;/h2*6-14H,5H2,1-4H3;7-9,15H,1-6H3;1H,2H3;/q2*-1;;;+2. The summed E-state index contributed by atoms with van der Waals surface area (Å²) in [5.41, 5.74) is 13.7. The molecule has 60 heavy (non-hydrogen) atoms. The molecule has 2 heteroatoms. The fourth-order valence-corrected chi connectivity index (χ4v) is 7.41. The van der Waals surface area contributed by atoms with E-state index < -0.39 is 0 Å². The number of phenolic OH excluding ortho intramolecular Hbond substituents is 1. The SMILES string of the molecule is CC(C)(C)c1ccc(O)c(C(C)(C)C)c1.CCc1cc2c(-c3ccc(C(C)(C)C)cc3)cccc2[cH-]1.CCc1cc2c(-c3ccc(C(C)(C)C)cc3)cccc2[cH-]1.C[CH]=[Zr+2]. The molecule has 0 aromatic heterocycles. The molecule has 0 amide bonds. The Balaban J connectivity index is 0.000000195. The van der Waals surface area contributed by atoms with E-state index in [2.05, 4.69) is 216 Å². The van der Waals surface area contributed by atoms with Crippen LogP contribution in [-0.4, -0.2) is 8.82 Å². The first-order valence-corrected chi connectivity index (χ1v) is 23.3. The Bertz CT molecular complexity index is 2300. The number of phenols is 1. The number of hydrogen-bond acceptors (Lipinski definition) is 1. The Hall–Kier alpha value is -4.13. The van der Waals surface area contributed by atoms with Gasteiger partial charge in [-0.3, -0.25) is 0 Å². The van der Waals surface area contributed by atoms with Crippen molar-refractivity contribution < 1.29 is 29.3 Å². The van der Waals surface area contributed by atoms with Gasteiger partial charge in [-0.05, 0) is 73.9 Å². The van der Waals surface area contributed by atoms with Crippen molar-refractivity contribution in [1.82, 2.24) is 0 Å². The van der Waals surface area contributed by atoms with Crippen molar-refractivity contribution >= 4 is 25.3 Å². The first kappa shape index (κ1) is 48.5. The third-order valence-electron chi connectivity index (χ3n) is 11.2. The van der Waals surface area contributed by atoms with Crippen LogP contribution < -0.4 is 0 Å². The van der Waals surface area contributed by atoms with Crippen LogP contribution in [0.2, 0.25) is 0 Å². The molecule has 0 fully saturated rings. The second-order valence-corrected chi connectivity index (χ2v) is 21.6. The van der Waals surface area contributed by atoms with Crippen LogP contribution in [-0.2, 0) is 58.7 Å². The molecule has 0 heterocycles. The summed E-state index contributed by atoms with van der Waals surface area (Å²) in [5, 5.41) is 15.3. The van der Waals surface area contributed by atoms with Gasteiger partial charge < -0.3 is 5.11 Å². The Kier molecular flexibility index (Phi) is 16.3. The van der Waals surface area contributed by atoms with E-state index in [1.165, 1.54) is 95.9 Å². The fraction of sp³-hybridized carbons (Fsp3) is 0.362. The van der Waals surface area contributed by atoms with Crippen molar-refractivity contribution in [3.8, 4) is 28.0 Å². The fourth-order valence-electron chi connectivity index (χ4n) is 7.41. The molecule has 1 N–H and O–H groups in total. The van der Waals surface area contributed by atoms with E-state index >= 15 is 0 Å². The molecular formula is C58H72OZr. The number of benzene rings is 5. The zero-order valence-corrected chi connectivity index (χ0v) is 42.0. The molecule has 7 aromatic carbocycles. The summed E-state index contributed by atoms with van der Waals surface area (Å²) in [6.45, 7) is 32.9. The summed E-state index contributed by atoms with van der Waals surface area (Å²) >= 11 is 1.51. The van der Waals surface area contributed by atoms with E-state index in [0.29, 0.717) is 5.75 Å². The molecule has 1 nitrogen and oxygen atoms in total. The molecule has 0 atom stereocenters. The molecular weight excluding hydrogens is 804 g/mol. The monoisotopic (exact) mass is 874 g/mol. The van der Waals surface area contributed by atoms with Crippen LogP contribution in [0, 0.1) is 0 Å².